The molecule has 1 aliphatic heterocycles. The van der Waals surface area contributed by atoms with Crippen LogP contribution in [0.3, 0.4) is 0 Å². The molecule has 1 saturated heterocycles. The molecule has 3 rings (SSSR count). The smallest absolute Gasteiger partial charge is 0.123 e. The molecular formula is C34H54N2O2. The predicted molar refractivity (Wildman–Crippen MR) is 162 cm³/mol. The Bertz CT molecular complexity index is 913. The second-order valence-electron chi connectivity index (χ2n) is 13.3. The Balaban J connectivity index is 1.27. The van der Waals surface area contributed by atoms with Gasteiger partial charge in [-0.1, -0.05) is 76.9 Å². The maximum atomic E-state index is 6.21. The number of aryl methyl sites for hydroxylation is 2. The fraction of sp³-hybridized carbons (Fsp3) is 0.647. The van der Waals surface area contributed by atoms with E-state index in [1.165, 1.54) is 74.4 Å². The molecule has 0 atom stereocenters. The average Bonchev–Trinajstić information content (AvgIpc) is 2.85. The van der Waals surface area contributed by atoms with Gasteiger partial charge in [-0.05, 0) is 86.7 Å². The first-order valence-corrected chi connectivity index (χ1v) is 14.9. The van der Waals surface area contributed by atoms with Crippen molar-refractivity contribution in [1.29, 1.82) is 0 Å². The maximum absolute atomic E-state index is 6.21. The first-order chi connectivity index (χ1) is 17.9. The van der Waals surface area contributed by atoms with Crippen molar-refractivity contribution in [2.24, 2.45) is 0 Å². The lowest BCUT2D eigenvalue weighted by atomic mass is 9.85. The molecule has 0 spiro atoms. The van der Waals surface area contributed by atoms with Gasteiger partial charge >= 0.3 is 0 Å². The van der Waals surface area contributed by atoms with E-state index in [0.29, 0.717) is 0 Å². The van der Waals surface area contributed by atoms with Crippen LogP contribution in [0, 0.1) is 13.8 Å². The highest BCUT2D eigenvalue weighted by Gasteiger charge is 2.21. The van der Waals surface area contributed by atoms with Crippen molar-refractivity contribution >= 4 is 0 Å². The highest BCUT2D eigenvalue weighted by atomic mass is 16.5. The van der Waals surface area contributed by atoms with Gasteiger partial charge in [0, 0.05) is 26.2 Å². The van der Waals surface area contributed by atoms with Gasteiger partial charge < -0.3 is 19.3 Å². The van der Waals surface area contributed by atoms with Crippen LogP contribution in [0.25, 0.3) is 0 Å². The van der Waals surface area contributed by atoms with Crippen LogP contribution < -0.4 is 9.47 Å². The second kappa shape index (κ2) is 13.8. The number of unbranched alkanes of at least 4 members (excludes halogenated alkanes) is 2. The summed E-state index contributed by atoms with van der Waals surface area (Å²) in [6, 6.07) is 13.1. The summed E-state index contributed by atoms with van der Waals surface area (Å²) in [5, 5.41) is 0. The van der Waals surface area contributed by atoms with Crippen LogP contribution in [0.15, 0.2) is 36.4 Å². The van der Waals surface area contributed by atoms with Crippen molar-refractivity contribution < 1.29 is 9.47 Å². The van der Waals surface area contributed by atoms with Crippen molar-refractivity contribution in [2.75, 3.05) is 52.5 Å². The van der Waals surface area contributed by atoms with Crippen molar-refractivity contribution in [2.45, 2.75) is 91.9 Å². The zero-order chi connectivity index (χ0) is 27.8. The molecule has 38 heavy (non-hydrogen) atoms. The number of hydrogen-bond donors (Lipinski definition) is 0. The number of hydrogen-bond acceptors (Lipinski definition) is 4. The first-order valence-electron chi connectivity index (χ1n) is 14.9. The summed E-state index contributed by atoms with van der Waals surface area (Å²) in [5.74, 6) is 2.10. The molecule has 0 aliphatic carbocycles. The van der Waals surface area contributed by atoms with Crippen LogP contribution >= 0.6 is 0 Å². The van der Waals surface area contributed by atoms with E-state index in [-0.39, 0.29) is 10.8 Å². The van der Waals surface area contributed by atoms with Crippen LogP contribution in [0.1, 0.15) is 89.5 Å². The van der Waals surface area contributed by atoms with Crippen LogP contribution in [0.2, 0.25) is 0 Å². The molecule has 2 aromatic rings. The molecule has 4 nitrogen and oxygen atoms in total. The number of piperazine rings is 1. The molecule has 2 aromatic carbocycles. The number of nitrogens with zero attached hydrogens (tertiary/aromatic N) is 2. The van der Waals surface area contributed by atoms with Gasteiger partial charge in [-0.25, -0.2) is 0 Å². The monoisotopic (exact) mass is 522 g/mol. The summed E-state index contributed by atoms with van der Waals surface area (Å²) >= 11 is 0. The van der Waals surface area contributed by atoms with Gasteiger partial charge in [-0.3, -0.25) is 0 Å². The predicted octanol–water partition coefficient (Wildman–Crippen LogP) is 7.53. The SMILES string of the molecule is Cc1ccc(OCCCCN2CCN(CCCCOc3ccc(C)cc3C(C)(C)C)CC2)c(C(C)(C)C)c1. The third kappa shape index (κ3) is 9.61. The lowest BCUT2D eigenvalue weighted by molar-refractivity contribution is 0.126. The zero-order valence-electron chi connectivity index (χ0n) is 25.7. The molecule has 4 heteroatoms. The summed E-state index contributed by atoms with van der Waals surface area (Å²) < 4.78 is 12.4. The minimum absolute atomic E-state index is 0.102. The van der Waals surface area contributed by atoms with E-state index in [2.05, 4.69) is 102 Å². The third-order valence-corrected chi connectivity index (χ3v) is 7.60. The molecule has 1 fully saturated rings. The Morgan fingerprint density at radius 1 is 0.579 bits per heavy atom. The molecule has 1 heterocycles. The first kappa shape index (κ1) is 30.5. The van der Waals surface area contributed by atoms with E-state index in [1.807, 2.05) is 0 Å². The van der Waals surface area contributed by atoms with Crippen LogP contribution in [0.4, 0.5) is 0 Å². The molecule has 0 N–H and O–H groups in total. The summed E-state index contributed by atoms with van der Waals surface area (Å²) in [5.41, 5.74) is 5.42. The van der Waals surface area contributed by atoms with E-state index < -0.39 is 0 Å². The molecule has 0 aromatic heterocycles. The fourth-order valence-electron chi connectivity index (χ4n) is 5.19. The van der Waals surface area contributed by atoms with Crippen LogP contribution in [0.5, 0.6) is 11.5 Å². The molecular weight excluding hydrogens is 468 g/mol. The van der Waals surface area contributed by atoms with Crippen molar-refractivity contribution in [3.63, 3.8) is 0 Å². The van der Waals surface area contributed by atoms with Gasteiger partial charge in [0.15, 0.2) is 0 Å². The number of benzene rings is 2. The highest BCUT2D eigenvalue weighted by Crippen LogP contribution is 2.33. The molecule has 0 saturated carbocycles. The largest absolute Gasteiger partial charge is 0.493 e. The Morgan fingerprint density at radius 2 is 0.947 bits per heavy atom. The Hall–Kier alpha value is -2.04. The minimum atomic E-state index is 0.102. The quantitative estimate of drug-likeness (QED) is 0.269. The van der Waals surface area contributed by atoms with E-state index in [1.54, 1.807) is 0 Å². The summed E-state index contributed by atoms with van der Waals surface area (Å²) in [4.78, 5) is 5.25. The van der Waals surface area contributed by atoms with Gasteiger partial charge in [-0.2, -0.15) is 0 Å². The zero-order valence-corrected chi connectivity index (χ0v) is 25.7. The third-order valence-electron chi connectivity index (χ3n) is 7.60. The number of ether oxygens (including phenoxy) is 2. The van der Waals surface area contributed by atoms with Gasteiger partial charge in [0.05, 0.1) is 13.2 Å². The van der Waals surface area contributed by atoms with E-state index in [9.17, 15) is 0 Å². The van der Waals surface area contributed by atoms with Crippen molar-refractivity contribution in [3.8, 4) is 11.5 Å². The van der Waals surface area contributed by atoms with Crippen molar-refractivity contribution in [1.82, 2.24) is 9.80 Å². The lowest BCUT2D eigenvalue weighted by Gasteiger charge is -2.34. The second-order valence-corrected chi connectivity index (χ2v) is 13.3. The number of rotatable bonds is 12. The Labute approximate surface area is 233 Å². The Kier molecular flexibility index (Phi) is 11.1. The minimum Gasteiger partial charge on any atom is -0.493 e. The maximum Gasteiger partial charge on any atom is 0.123 e. The summed E-state index contributed by atoms with van der Waals surface area (Å²) in [6.07, 6.45) is 4.61. The Morgan fingerprint density at radius 3 is 1.29 bits per heavy atom. The lowest BCUT2D eigenvalue weighted by Crippen LogP contribution is -2.46. The van der Waals surface area contributed by atoms with Crippen molar-refractivity contribution in [3.05, 3.63) is 58.7 Å². The fourth-order valence-corrected chi connectivity index (χ4v) is 5.19. The van der Waals surface area contributed by atoms with Gasteiger partial charge in [0.25, 0.3) is 0 Å². The van der Waals surface area contributed by atoms with E-state index in [0.717, 1.165) is 37.6 Å². The topological polar surface area (TPSA) is 24.9 Å². The van der Waals surface area contributed by atoms with Crippen LogP contribution in [-0.4, -0.2) is 62.3 Å². The van der Waals surface area contributed by atoms with Gasteiger partial charge in [0.2, 0.25) is 0 Å². The molecule has 1 aliphatic rings. The van der Waals surface area contributed by atoms with E-state index in [4.69, 9.17) is 9.47 Å². The molecule has 0 bridgehead atoms. The average molecular weight is 523 g/mol. The molecule has 0 unspecified atom stereocenters. The highest BCUT2D eigenvalue weighted by molar-refractivity contribution is 5.42. The molecule has 0 amide bonds. The summed E-state index contributed by atoms with van der Waals surface area (Å²) in [7, 11) is 0. The molecule has 212 valence electrons. The molecule has 0 radical (unpaired) electrons. The standard InChI is InChI=1S/C34H54N2O2/c1-27-13-15-31(29(25-27)33(3,4)5)37-23-11-9-17-35-19-21-36(22-20-35)18-10-12-24-38-32-16-14-28(2)26-30(32)34(6,7)8/h13-16,25-26H,9-12,17-24H2,1-8H3. The summed E-state index contributed by atoms with van der Waals surface area (Å²) in [6.45, 7) is 26.6. The van der Waals surface area contributed by atoms with Gasteiger partial charge in [0.1, 0.15) is 11.5 Å². The van der Waals surface area contributed by atoms with Crippen LogP contribution in [-0.2, 0) is 10.8 Å². The van der Waals surface area contributed by atoms with E-state index >= 15 is 0 Å². The van der Waals surface area contributed by atoms with Gasteiger partial charge in [-0.15, -0.1) is 0 Å². The normalized spacial score (nSPS) is 15.6.